The second-order valence-corrected chi connectivity index (χ2v) is 8.87. The van der Waals surface area contributed by atoms with Crippen LogP contribution in [0, 0.1) is 0 Å². The van der Waals surface area contributed by atoms with Crippen molar-refractivity contribution >= 4 is 10.4 Å². The van der Waals surface area contributed by atoms with E-state index in [0.717, 1.165) is 13.0 Å². The Morgan fingerprint density at radius 3 is 1.63 bits per heavy atom. The van der Waals surface area contributed by atoms with Crippen molar-refractivity contribution < 1.29 is 60.9 Å². The normalized spacial score (nSPS) is 14.8. The largest absolute Gasteiger partial charge is 1.00 e. The molecule has 0 aliphatic carbocycles. The fourth-order valence-corrected chi connectivity index (χ4v) is 3.32. The van der Waals surface area contributed by atoms with Gasteiger partial charge in [0, 0.05) is 6.61 Å². The summed E-state index contributed by atoms with van der Waals surface area (Å²) in [6, 6.07) is 0. The Bertz CT molecular complexity index is 462. The molecule has 0 spiro atoms. The van der Waals surface area contributed by atoms with Crippen molar-refractivity contribution in [1.29, 1.82) is 0 Å². The zero-order valence-corrected chi connectivity index (χ0v) is 22.7. The van der Waals surface area contributed by atoms with Gasteiger partial charge in [-0.25, -0.2) is 8.42 Å². The molecule has 0 aromatic rings. The zero-order valence-electron chi connectivity index (χ0n) is 19.9. The number of ether oxygens (including phenoxy) is 3. The molecule has 0 aromatic carbocycles. The molecule has 0 aromatic heterocycles. The standard InChI is InChI=1S/C21H44O7S.Na/c1-5-6-7-8-9-10-11-12-13-14-15-25-16-19(2)26-17-20(3)27-18-21(4)28-29(22,23)24;/h19-21H,5-18H2,1-4H3,(H,22,23,24);/q;+1/p-1. The molecule has 0 amide bonds. The first-order valence-corrected chi connectivity index (χ1v) is 12.5. The topological polar surface area (TPSA) is 94.1 Å². The third-order valence-corrected chi connectivity index (χ3v) is 5.07. The Kier molecular flexibility index (Phi) is 23.7. The summed E-state index contributed by atoms with van der Waals surface area (Å²) in [7, 11) is -4.70. The smallest absolute Gasteiger partial charge is 0.726 e. The van der Waals surface area contributed by atoms with Gasteiger partial charge in [0.05, 0.1) is 38.1 Å². The van der Waals surface area contributed by atoms with E-state index in [0.29, 0.717) is 13.2 Å². The molecule has 0 saturated carbocycles. The summed E-state index contributed by atoms with van der Waals surface area (Å²) in [4.78, 5) is 0. The molecule has 0 radical (unpaired) electrons. The number of rotatable bonds is 21. The van der Waals surface area contributed by atoms with Gasteiger partial charge >= 0.3 is 29.6 Å². The van der Waals surface area contributed by atoms with Crippen LogP contribution in [0.25, 0.3) is 0 Å². The first-order chi connectivity index (χ1) is 13.7. The van der Waals surface area contributed by atoms with Gasteiger partial charge in [-0.1, -0.05) is 64.7 Å². The van der Waals surface area contributed by atoms with E-state index in [9.17, 15) is 13.0 Å². The molecule has 0 saturated heterocycles. The summed E-state index contributed by atoms with van der Waals surface area (Å²) in [5, 5.41) is 0. The number of hydrogen-bond donors (Lipinski definition) is 0. The fraction of sp³-hybridized carbons (Fsp3) is 1.00. The Labute approximate surface area is 207 Å². The summed E-state index contributed by atoms with van der Waals surface area (Å²) in [6.07, 6.45) is 12.0. The maximum atomic E-state index is 10.5. The van der Waals surface area contributed by atoms with Crippen molar-refractivity contribution in [2.45, 2.75) is 110 Å². The molecule has 0 rings (SSSR count). The summed E-state index contributed by atoms with van der Waals surface area (Å²) in [6.45, 7) is 9.14. The molecule has 3 atom stereocenters. The van der Waals surface area contributed by atoms with E-state index in [4.69, 9.17) is 14.2 Å². The molecule has 7 nitrogen and oxygen atoms in total. The van der Waals surface area contributed by atoms with Crippen LogP contribution in [-0.2, 0) is 28.8 Å². The molecule has 0 aliphatic heterocycles. The van der Waals surface area contributed by atoms with Crippen LogP contribution in [0.1, 0.15) is 91.9 Å². The van der Waals surface area contributed by atoms with Gasteiger partial charge in [0.25, 0.3) is 0 Å². The molecule has 176 valence electrons. The van der Waals surface area contributed by atoms with Gasteiger partial charge in [0.1, 0.15) is 0 Å². The van der Waals surface area contributed by atoms with Gasteiger partial charge in [0.2, 0.25) is 10.4 Å². The zero-order chi connectivity index (χ0) is 22.0. The van der Waals surface area contributed by atoms with Crippen LogP contribution in [0.4, 0.5) is 0 Å². The quantitative estimate of drug-likeness (QED) is 0.111. The summed E-state index contributed by atoms with van der Waals surface area (Å²) in [5.74, 6) is 0. The predicted molar refractivity (Wildman–Crippen MR) is 114 cm³/mol. The average molecular weight is 463 g/mol. The summed E-state index contributed by atoms with van der Waals surface area (Å²) in [5.41, 5.74) is 0. The van der Waals surface area contributed by atoms with Crippen molar-refractivity contribution in [2.24, 2.45) is 0 Å². The predicted octanol–water partition coefficient (Wildman–Crippen LogP) is 1.60. The van der Waals surface area contributed by atoms with E-state index >= 15 is 0 Å². The van der Waals surface area contributed by atoms with Crippen molar-refractivity contribution in [3.05, 3.63) is 0 Å². The third-order valence-electron chi connectivity index (χ3n) is 4.51. The van der Waals surface area contributed by atoms with E-state index in [2.05, 4.69) is 11.1 Å². The molecule has 0 N–H and O–H groups in total. The van der Waals surface area contributed by atoms with Gasteiger partial charge in [-0.3, -0.25) is 4.18 Å². The van der Waals surface area contributed by atoms with Crippen molar-refractivity contribution in [2.75, 3.05) is 26.4 Å². The minimum absolute atomic E-state index is 0. The maximum Gasteiger partial charge on any atom is 1.00 e. The minimum atomic E-state index is -4.70. The first kappa shape index (κ1) is 32.9. The molecule has 0 fully saturated rings. The molecule has 0 heterocycles. The third kappa shape index (κ3) is 25.0. The van der Waals surface area contributed by atoms with Gasteiger partial charge < -0.3 is 18.8 Å². The van der Waals surface area contributed by atoms with Gasteiger partial charge in [-0.05, 0) is 27.2 Å². The maximum absolute atomic E-state index is 10.5. The monoisotopic (exact) mass is 462 g/mol. The van der Waals surface area contributed by atoms with Crippen LogP contribution in [0.15, 0.2) is 0 Å². The molecular formula is C21H43NaO7S. The molecule has 0 bridgehead atoms. The molecular weight excluding hydrogens is 419 g/mol. The first-order valence-electron chi connectivity index (χ1n) is 11.2. The summed E-state index contributed by atoms with van der Waals surface area (Å²) < 4.78 is 52.5. The van der Waals surface area contributed by atoms with E-state index in [1.807, 2.05) is 13.8 Å². The van der Waals surface area contributed by atoms with Crippen molar-refractivity contribution in [1.82, 2.24) is 0 Å². The SMILES string of the molecule is CCCCCCCCCCCCOCC(C)OCC(C)OCC(C)OS(=O)(=O)[O-].[Na+]. The van der Waals surface area contributed by atoms with Crippen LogP contribution >= 0.6 is 0 Å². The second-order valence-electron chi connectivity index (χ2n) is 7.86. The molecule has 3 unspecified atom stereocenters. The van der Waals surface area contributed by atoms with Crippen LogP contribution < -0.4 is 29.6 Å². The minimum Gasteiger partial charge on any atom is -0.726 e. The second kappa shape index (κ2) is 21.6. The summed E-state index contributed by atoms with van der Waals surface area (Å²) >= 11 is 0. The Balaban J connectivity index is 0. The van der Waals surface area contributed by atoms with Gasteiger partial charge in [0.15, 0.2) is 0 Å². The van der Waals surface area contributed by atoms with E-state index in [1.54, 1.807) is 0 Å². The van der Waals surface area contributed by atoms with E-state index < -0.39 is 16.5 Å². The van der Waals surface area contributed by atoms with Gasteiger partial charge in [-0.15, -0.1) is 0 Å². The van der Waals surface area contributed by atoms with E-state index in [-0.39, 0.29) is 48.4 Å². The fourth-order valence-electron chi connectivity index (χ4n) is 2.87. The van der Waals surface area contributed by atoms with Crippen LogP contribution in [0.5, 0.6) is 0 Å². The Morgan fingerprint density at radius 2 is 1.13 bits per heavy atom. The Morgan fingerprint density at radius 1 is 0.700 bits per heavy atom. The molecule has 30 heavy (non-hydrogen) atoms. The van der Waals surface area contributed by atoms with Crippen LogP contribution in [0.3, 0.4) is 0 Å². The van der Waals surface area contributed by atoms with Crippen LogP contribution in [0.2, 0.25) is 0 Å². The van der Waals surface area contributed by atoms with Crippen LogP contribution in [-0.4, -0.2) is 57.7 Å². The average Bonchev–Trinajstić information content (AvgIpc) is 2.64. The molecule has 9 heteroatoms. The van der Waals surface area contributed by atoms with E-state index in [1.165, 1.54) is 64.7 Å². The number of hydrogen-bond acceptors (Lipinski definition) is 7. The molecule has 0 aliphatic rings. The van der Waals surface area contributed by atoms with Crippen molar-refractivity contribution in [3.63, 3.8) is 0 Å². The van der Waals surface area contributed by atoms with Gasteiger partial charge in [-0.2, -0.15) is 0 Å². The Hall–Kier alpha value is 0.750. The number of unbranched alkanes of at least 4 members (excludes halogenated alkanes) is 9. The van der Waals surface area contributed by atoms with Crippen molar-refractivity contribution in [3.8, 4) is 0 Å².